The summed E-state index contributed by atoms with van der Waals surface area (Å²) in [6, 6.07) is 58.2. The van der Waals surface area contributed by atoms with Crippen molar-refractivity contribution < 1.29 is 18.9 Å². The van der Waals surface area contributed by atoms with Crippen LogP contribution in [0, 0.1) is 55.4 Å². The SMILES string of the molecule is CC=C(C=CCC=C(C=CCC=C(C=CCC=C(C=C(C)C)N=C=C(c1ccccc1)c1cc(C)c(OC)c(C)c1)N=C=C(c1ccccc1)c1cc(C)c(OC)c(C)c1)N=C=C(c1ccccc1)c1cc(C)c(OC)c(C)c1)N=C=C(c1ccccc1)c1cc(C)c(OC)c(C)c1. The van der Waals surface area contributed by atoms with Crippen LogP contribution in [0.1, 0.15) is 129 Å². The highest BCUT2D eigenvalue weighted by Gasteiger charge is 2.16. The van der Waals surface area contributed by atoms with Crippen LogP contribution in [0.4, 0.5) is 0 Å². The third-order valence-electron chi connectivity index (χ3n) is 16.2. The van der Waals surface area contributed by atoms with Crippen LogP contribution in [-0.2, 0) is 0 Å². The van der Waals surface area contributed by atoms with Crippen molar-refractivity contribution in [3.8, 4) is 23.0 Å². The van der Waals surface area contributed by atoms with E-state index in [1.54, 1.807) is 28.4 Å². The molecule has 0 aliphatic heterocycles. The summed E-state index contributed by atoms with van der Waals surface area (Å²) >= 11 is 0. The minimum absolute atomic E-state index is 0.516. The molecule has 98 heavy (non-hydrogen) atoms. The lowest BCUT2D eigenvalue weighted by molar-refractivity contribution is 0.408. The number of methoxy groups -OCH3 is 4. The molecular formula is C90H90N4O4. The minimum atomic E-state index is 0.516. The summed E-state index contributed by atoms with van der Waals surface area (Å²) in [7, 11) is 6.85. The van der Waals surface area contributed by atoms with Crippen LogP contribution < -0.4 is 18.9 Å². The Labute approximate surface area is 582 Å². The third-order valence-corrected chi connectivity index (χ3v) is 16.2. The van der Waals surface area contributed by atoms with Crippen molar-refractivity contribution in [2.45, 2.75) is 95.4 Å². The molecule has 8 heteroatoms. The molecule has 8 aromatic rings. The summed E-state index contributed by atoms with van der Waals surface area (Å²) in [5.74, 6) is 17.4. The number of ether oxygens (including phenoxy) is 4. The number of aryl methyl sites for hydroxylation is 8. The molecule has 8 aromatic carbocycles. The summed E-state index contributed by atoms with van der Waals surface area (Å²) in [5, 5.41) is 0. The maximum atomic E-state index is 5.80. The molecule has 0 saturated carbocycles. The van der Waals surface area contributed by atoms with E-state index in [9.17, 15) is 0 Å². The first-order valence-corrected chi connectivity index (χ1v) is 33.1. The highest BCUT2D eigenvalue weighted by molar-refractivity contribution is 6.02. The minimum Gasteiger partial charge on any atom is -0.496 e. The van der Waals surface area contributed by atoms with E-state index in [1.807, 2.05) is 104 Å². The average Bonchev–Trinajstić information content (AvgIpc) is 0.836. The second-order valence-electron chi connectivity index (χ2n) is 24.2. The van der Waals surface area contributed by atoms with E-state index < -0.39 is 0 Å². The zero-order valence-corrected chi connectivity index (χ0v) is 59.6. The largest absolute Gasteiger partial charge is 0.496 e. The van der Waals surface area contributed by atoms with Crippen molar-refractivity contribution in [2.75, 3.05) is 28.4 Å². The second kappa shape index (κ2) is 36.5. The van der Waals surface area contributed by atoms with E-state index in [0.29, 0.717) is 19.3 Å². The first-order chi connectivity index (χ1) is 47.5. The number of allylic oxidation sites excluding steroid dienone is 12. The summed E-state index contributed by atoms with van der Waals surface area (Å²) in [6.07, 6.45) is 24.5. The molecule has 0 aliphatic rings. The zero-order valence-electron chi connectivity index (χ0n) is 59.6. The highest BCUT2D eigenvalue weighted by Crippen LogP contribution is 2.34. The van der Waals surface area contributed by atoms with Gasteiger partial charge in [-0.05, 0) is 281 Å². The van der Waals surface area contributed by atoms with E-state index in [4.69, 9.17) is 38.9 Å². The molecule has 8 nitrogen and oxygen atoms in total. The molecule has 0 heterocycles. The van der Waals surface area contributed by atoms with Gasteiger partial charge >= 0.3 is 0 Å². The number of hydrogen-bond donors (Lipinski definition) is 0. The molecular weight excluding hydrogens is 1200 g/mol. The molecule has 0 N–H and O–H groups in total. The molecule has 0 radical (unpaired) electrons. The normalized spacial score (nSPS) is 11.7. The molecule has 0 aromatic heterocycles. The molecule has 0 atom stereocenters. The molecule has 0 saturated heterocycles. The van der Waals surface area contributed by atoms with Crippen LogP contribution in [0.5, 0.6) is 23.0 Å². The Hall–Kier alpha value is -11.3. The van der Waals surface area contributed by atoms with Crippen molar-refractivity contribution in [3.05, 3.63) is 354 Å². The number of hydrogen-bond acceptors (Lipinski definition) is 8. The van der Waals surface area contributed by atoms with Gasteiger partial charge in [0.1, 0.15) is 23.0 Å². The van der Waals surface area contributed by atoms with Gasteiger partial charge in [0.2, 0.25) is 0 Å². The maximum Gasteiger partial charge on any atom is 0.124 e. The van der Waals surface area contributed by atoms with Crippen molar-refractivity contribution in [1.82, 2.24) is 0 Å². The van der Waals surface area contributed by atoms with Crippen molar-refractivity contribution >= 4 is 45.8 Å². The lowest BCUT2D eigenvalue weighted by Crippen LogP contribution is -1.96. The fraction of sp³-hybridized carbons (Fsp3) is 0.200. The Kier molecular flexibility index (Phi) is 27.0. The number of aliphatic imine (C=N–C) groups is 4. The summed E-state index contributed by atoms with van der Waals surface area (Å²) < 4.78 is 23.1. The van der Waals surface area contributed by atoms with Crippen molar-refractivity contribution in [3.63, 3.8) is 0 Å². The first kappa shape index (κ1) is 72.5. The lowest BCUT2D eigenvalue weighted by atomic mass is 9.95. The van der Waals surface area contributed by atoms with Crippen LogP contribution in [0.2, 0.25) is 0 Å². The van der Waals surface area contributed by atoms with E-state index in [1.165, 1.54) is 0 Å². The lowest BCUT2D eigenvalue weighted by Gasteiger charge is -2.12. The highest BCUT2D eigenvalue weighted by atomic mass is 16.5. The van der Waals surface area contributed by atoms with Gasteiger partial charge in [-0.25, -0.2) is 20.0 Å². The Balaban J connectivity index is 1.23. The molecule has 0 fully saturated rings. The molecule has 0 unspecified atom stereocenters. The summed E-state index contributed by atoms with van der Waals surface area (Å²) in [4.78, 5) is 20.3. The van der Waals surface area contributed by atoms with Gasteiger partial charge in [-0.3, -0.25) is 0 Å². The standard InChI is InChI=1S/C90H90N4O4/c1-16-79(91-58-83(71-35-21-17-22-36-71)75-50-63(4)87(95-12)64(5)51-75)43-29-30-44-80(92-59-84(72-37-23-18-24-38-72)76-52-65(6)88(96-13)66(7)53-76)45-31-32-46-81(93-60-85(73-39-25-19-26-40-73)77-54-67(8)89(97-14)68(9)55-77)47-33-34-48-82(49-62(2)3)94-61-86(74-41-27-20-28-42-74)78-56-69(10)90(98-15)70(11)57-78/h16-29,31,33,35-57H,30,32,34H2,1-15H3. The fourth-order valence-electron chi connectivity index (χ4n) is 11.8. The Morgan fingerprint density at radius 2 is 0.541 bits per heavy atom. The molecule has 0 amide bonds. The van der Waals surface area contributed by atoms with Gasteiger partial charge < -0.3 is 18.9 Å². The Morgan fingerprint density at radius 1 is 0.316 bits per heavy atom. The van der Waals surface area contributed by atoms with E-state index >= 15 is 0 Å². The number of nitrogens with zero attached hydrogens (tertiary/aromatic N) is 4. The van der Waals surface area contributed by atoms with Gasteiger partial charge in [0, 0.05) is 0 Å². The van der Waals surface area contributed by atoms with E-state index in [-0.39, 0.29) is 0 Å². The molecule has 494 valence electrons. The van der Waals surface area contributed by atoms with Crippen LogP contribution in [0.3, 0.4) is 0 Å². The van der Waals surface area contributed by atoms with Crippen molar-refractivity contribution in [1.29, 1.82) is 0 Å². The van der Waals surface area contributed by atoms with Gasteiger partial charge in [0.15, 0.2) is 0 Å². The van der Waals surface area contributed by atoms with Crippen molar-refractivity contribution in [2.24, 2.45) is 20.0 Å². The third kappa shape index (κ3) is 20.1. The second-order valence-corrected chi connectivity index (χ2v) is 24.2. The number of rotatable bonds is 26. The molecule has 0 bridgehead atoms. The topological polar surface area (TPSA) is 86.4 Å². The summed E-state index contributed by atoms with van der Waals surface area (Å²) in [5.41, 5.74) is 23.9. The van der Waals surface area contributed by atoms with E-state index in [0.717, 1.165) is 163 Å². The van der Waals surface area contributed by atoms with Crippen LogP contribution in [0.15, 0.2) is 285 Å². The van der Waals surface area contributed by atoms with Crippen LogP contribution in [0.25, 0.3) is 22.3 Å². The van der Waals surface area contributed by atoms with Gasteiger partial charge in [-0.2, -0.15) is 0 Å². The van der Waals surface area contributed by atoms with E-state index in [2.05, 4.69) is 232 Å². The Morgan fingerprint density at radius 3 is 0.776 bits per heavy atom. The van der Waals surface area contributed by atoms with Gasteiger partial charge in [-0.15, -0.1) is 0 Å². The zero-order chi connectivity index (χ0) is 69.9. The summed E-state index contributed by atoms with van der Waals surface area (Å²) in [6.45, 7) is 22.7. The maximum absolute atomic E-state index is 5.80. The predicted octanol–water partition coefficient (Wildman–Crippen LogP) is 22.1. The monoisotopic (exact) mass is 1290 g/mol. The molecule has 0 spiro atoms. The molecule has 0 aliphatic carbocycles. The van der Waals surface area contributed by atoms with Crippen LogP contribution in [-0.4, -0.2) is 51.9 Å². The smallest absolute Gasteiger partial charge is 0.124 e. The fourth-order valence-corrected chi connectivity index (χ4v) is 11.8. The van der Waals surface area contributed by atoms with Gasteiger partial charge in [0.25, 0.3) is 0 Å². The quantitative estimate of drug-likeness (QED) is 0.0399. The van der Waals surface area contributed by atoms with Gasteiger partial charge in [-0.1, -0.05) is 169 Å². The number of benzene rings is 8. The van der Waals surface area contributed by atoms with Gasteiger partial charge in [0.05, 0.1) is 73.5 Å². The predicted molar refractivity (Wildman–Crippen MR) is 414 cm³/mol. The molecule has 8 rings (SSSR count). The first-order valence-electron chi connectivity index (χ1n) is 33.1. The van der Waals surface area contributed by atoms with Crippen LogP contribution >= 0.6 is 0 Å². The average molecular weight is 1290 g/mol. The Bertz CT molecular complexity index is 4600.